The molecule has 4 N–H and O–H groups in total. The van der Waals surface area contributed by atoms with Crippen LogP contribution in [0.1, 0.15) is 46.3 Å². The van der Waals surface area contributed by atoms with Crippen molar-refractivity contribution in [1.82, 2.24) is 10.2 Å². The zero-order chi connectivity index (χ0) is 29.5. The Bertz CT molecular complexity index is 1450. The van der Waals surface area contributed by atoms with E-state index in [4.69, 9.17) is 28.9 Å². The second kappa shape index (κ2) is 13.8. The molecule has 0 aromatic heterocycles. The van der Waals surface area contributed by atoms with E-state index in [0.717, 1.165) is 16.7 Å². The van der Waals surface area contributed by atoms with Gasteiger partial charge in [-0.15, -0.1) is 0 Å². The molecule has 0 radical (unpaired) electrons. The topological polar surface area (TPSA) is 122 Å². The molecule has 0 aliphatic carbocycles. The van der Waals surface area contributed by atoms with E-state index in [1.165, 1.54) is 11.0 Å². The minimum absolute atomic E-state index is 0.0226. The van der Waals surface area contributed by atoms with Gasteiger partial charge in [-0.3, -0.25) is 19.2 Å². The van der Waals surface area contributed by atoms with Crippen LogP contribution in [0.25, 0.3) is 0 Å². The fourth-order valence-electron chi connectivity index (χ4n) is 4.83. The van der Waals surface area contributed by atoms with Gasteiger partial charge in [-0.1, -0.05) is 77.8 Å². The number of amides is 3. The van der Waals surface area contributed by atoms with Gasteiger partial charge in [-0.2, -0.15) is 0 Å². The van der Waals surface area contributed by atoms with Gasteiger partial charge in [0.2, 0.25) is 17.7 Å². The monoisotopic (exact) mass is 594 g/mol. The Morgan fingerprint density at radius 1 is 0.951 bits per heavy atom. The smallest absolute Gasteiger partial charge is 0.247 e. The predicted molar refractivity (Wildman–Crippen MR) is 160 cm³/mol. The maximum atomic E-state index is 13.7. The summed E-state index contributed by atoms with van der Waals surface area (Å²) in [4.78, 5) is 54.4. The molecule has 10 heteroatoms. The summed E-state index contributed by atoms with van der Waals surface area (Å²) in [6.45, 7) is 2.15. The van der Waals surface area contributed by atoms with Crippen LogP contribution in [0, 0.1) is 6.92 Å². The van der Waals surface area contributed by atoms with Gasteiger partial charge in [0.15, 0.2) is 5.78 Å². The number of carbonyl (C=O) groups is 4. The molecular weight excluding hydrogens is 563 g/mol. The second-order valence-corrected chi connectivity index (χ2v) is 10.8. The molecule has 0 fully saturated rings. The lowest BCUT2D eigenvalue weighted by Crippen LogP contribution is -2.56. The Kier molecular flexibility index (Phi) is 10.2. The molecule has 3 aromatic carbocycles. The summed E-state index contributed by atoms with van der Waals surface area (Å²) in [6, 6.07) is 17.7. The molecule has 0 bridgehead atoms. The lowest BCUT2D eigenvalue weighted by atomic mass is 9.92. The summed E-state index contributed by atoms with van der Waals surface area (Å²) in [7, 11) is 0. The van der Waals surface area contributed by atoms with Crippen LogP contribution in [0.15, 0.2) is 66.7 Å². The molecule has 1 aliphatic heterocycles. The van der Waals surface area contributed by atoms with Gasteiger partial charge in [0.25, 0.3) is 0 Å². The van der Waals surface area contributed by atoms with Crippen molar-refractivity contribution in [2.45, 2.75) is 51.2 Å². The number of hydrogen-bond acceptors (Lipinski definition) is 5. The van der Waals surface area contributed by atoms with E-state index in [9.17, 15) is 19.2 Å². The first-order chi connectivity index (χ1) is 19.7. The van der Waals surface area contributed by atoms with Crippen LogP contribution in [-0.2, 0) is 27.3 Å². The highest BCUT2D eigenvalue weighted by molar-refractivity contribution is 6.37. The Balaban J connectivity index is 1.50. The van der Waals surface area contributed by atoms with E-state index in [0.29, 0.717) is 16.3 Å². The minimum Gasteiger partial charge on any atom is -0.342 e. The van der Waals surface area contributed by atoms with Crippen LogP contribution in [0.3, 0.4) is 0 Å². The number of aryl methyl sites for hydroxylation is 1. The molecule has 3 amide bonds. The van der Waals surface area contributed by atoms with Crippen molar-refractivity contribution in [3.8, 4) is 0 Å². The normalized spacial score (nSPS) is 15.0. The molecule has 41 heavy (non-hydrogen) atoms. The highest BCUT2D eigenvalue weighted by Crippen LogP contribution is 2.29. The Labute approximate surface area is 249 Å². The maximum absolute atomic E-state index is 13.7. The lowest BCUT2D eigenvalue weighted by molar-refractivity contribution is -0.142. The van der Waals surface area contributed by atoms with Gasteiger partial charge in [-0.25, -0.2) is 0 Å². The fraction of sp³-hybridized carbons (Fsp3) is 0.290. The van der Waals surface area contributed by atoms with Crippen LogP contribution >= 0.6 is 23.2 Å². The number of benzene rings is 3. The Morgan fingerprint density at radius 3 is 2.34 bits per heavy atom. The van der Waals surface area contributed by atoms with Crippen LogP contribution in [0.5, 0.6) is 0 Å². The van der Waals surface area contributed by atoms with Crippen LogP contribution in [-0.4, -0.2) is 47.0 Å². The van der Waals surface area contributed by atoms with Crippen LogP contribution < -0.4 is 16.4 Å². The quantitative estimate of drug-likeness (QED) is 0.294. The van der Waals surface area contributed by atoms with E-state index in [1.807, 2.05) is 30.3 Å². The summed E-state index contributed by atoms with van der Waals surface area (Å²) in [5.41, 5.74) is 9.27. The molecule has 3 aromatic rings. The summed E-state index contributed by atoms with van der Waals surface area (Å²) < 4.78 is 0. The second-order valence-electron chi connectivity index (χ2n) is 10.0. The van der Waals surface area contributed by atoms with E-state index in [2.05, 4.69) is 10.6 Å². The molecule has 0 spiro atoms. The highest BCUT2D eigenvalue weighted by Gasteiger charge is 2.36. The number of fused-ring (bicyclic) bond motifs is 1. The van der Waals surface area contributed by atoms with E-state index in [-0.39, 0.29) is 55.5 Å². The third-order valence-electron chi connectivity index (χ3n) is 7.13. The molecule has 0 unspecified atom stereocenters. The van der Waals surface area contributed by atoms with Crippen LogP contribution in [0.4, 0.5) is 5.69 Å². The highest BCUT2D eigenvalue weighted by atomic mass is 35.5. The van der Waals surface area contributed by atoms with Gasteiger partial charge in [-0.05, 0) is 48.7 Å². The molecule has 1 aliphatic rings. The zero-order valence-corrected chi connectivity index (χ0v) is 24.2. The van der Waals surface area contributed by atoms with E-state index < -0.39 is 23.9 Å². The average molecular weight is 596 g/mol. The van der Waals surface area contributed by atoms with Crippen molar-refractivity contribution in [3.05, 3.63) is 99.0 Å². The van der Waals surface area contributed by atoms with Crippen molar-refractivity contribution in [1.29, 1.82) is 0 Å². The molecule has 8 nitrogen and oxygen atoms in total. The number of anilines is 1. The fourth-order valence-corrected chi connectivity index (χ4v) is 5.26. The number of halogens is 2. The Morgan fingerprint density at radius 2 is 1.63 bits per heavy atom. The molecule has 0 saturated carbocycles. The number of rotatable bonds is 10. The minimum atomic E-state index is -0.965. The van der Waals surface area contributed by atoms with Crippen molar-refractivity contribution in [2.24, 2.45) is 5.73 Å². The number of hydrogen-bond donors (Lipinski definition) is 3. The Hall–Kier alpha value is -3.72. The number of nitrogens with two attached hydrogens (primary N) is 1. The van der Waals surface area contributed by atoms with Gasteiger partial charge in [0, 0.05) is 36.4 Å². The van der Waals surface area contributed by atoms with Gasteiger partial charge < -0.3 is 21.3 Å². The van der Waals surface area contributed by atoms with E-state index >= 15 is 0 Å². The van der Waals surface area contributed by atoms with E-state index in [1.54, 1.807) is 37.3 Å². The molecule has 1 heterocycles. The first kappa shape index (κ1) is 30.2. The van der Waals surface area contributed by atoms with Gasteiger partial charge in [0.1, 0.15) is 12.1 Å². The number of ketones is 1. The third-order valence-corrected chi connectivity index (χ3v) is 7.85. The SMILES string of the molecule is Cc1cc(NC(=O)[C@H](CCN)NC(=O)[C@@H]2Cc3ccccc3CN2C(=O)CCC(=O)c2ccccc2)c(Cl)cc1Cl. The summed E-state index contributed by atoms with van der Waals surface area (Å²) in [5.74, 6) is -1.43. The zero-order valence-electron chi connectivity index (χ0n) is 22.7. The molecule has 214 valence electrons. The van der Waals surface area contributed by atoms with Crippen molar-refractivity contribution in [3.63, 3.8) is 0 Å². The van der Waals surface area contributed by atoms with Crippen molar-refractivity contribution in [2.75, 3.05) is 11.9 Å². The summed E-state index contributed by atoms with van der Waals surface area (Å²) >= 11 is 12.4. The predicted octanol–water partition coefficient (Wildman–Crippen LogP) is 4.69. The van der Waals surface area contributed by atoms with Crippen LogP contribution in [0.2, 0.25) is 10.0 Å². The maximum Gasteiger partial charge on any atom is 0.247 e. The first-order valence-electron chi connectivity index (χ1n) is 13.4. The van der Waals surface area contributed by atoms with Crippen molar-refractivity contribution < 1.29 is 19.2 Å². The molecule has 2 atom stereocenters. The number of nitrogens with zero attached hydrogens (tertiary/aromatic N) is 1. The van der Waals surface area contributed by atoms with Crippen molar-refractivity contribution >= 4 is 52.4 Å². The number of nitrogens with one attached hydrogen (secondary N) is 2. The summed E-state index contributed by atoms with van der Waals surface area (Å²) in [5, 5.41) is 6.28. The average Bonchev–Trinajstić information content (AvgIpc) is 2.97. The number of Topliss-reactive ketones (excluding diaryl/α,β-unsaturated/α-hetero) is 1. The number of carbonyl (C=O) groups excluding carboxylic acids is 4. The largest absolute Gasteiger partial charge is 0.342 e. The standard InChI is InChI=1S/C31H32Cl2N4O4/c1-19-15-26(24(33)17-23(19)32)36-30(40)25(13-14-34)35-31(41)27-16-21-9-5-6-10-22(21)18-37(27)29(39)12-11-28(38)20-7-3-2-4-8-20/h2-10,15,17,25,27H,11-14,16,18,34H2,1H3,(H,35,41)(H,36,40)/t25-,27-/m0/s1. The van der Waals surface area contributed by atoms with Gasteiger partial charge in [0.05, 0.1) is 10.7 Å². The molecule has 4 rings (SSSR count). The third kappa shape index (κ3) is 7.52. The molecule has 0 saturated heterocycles. The molecular formula is C31H32Cl2N4O4. The summed E-state index contributed by atoms with van der Waals surface area (Å²) in [6.07, 6.45) is 0.430. The van der Waals surface area contributed by atoms with Gasteiger partial charge >= 0.3 is 0 Å². The first-order valence-corrected chi connectivity index (χ1v) is 14.1. The lowest BCUT2D eigenvalue weighted by Gasteiger charge is -2.36.